The predicted octanol–water partition coefficient (Wildman–Crippen LogP) is 2.77. The molecule has 0 spiro atoms. The lowest BCUT2D eigenvalue weighted by molar-refractivity contribution is -0.118. The standard InChI is InChI=1S/C19H27N3O/c1-14-5-7-16-12-19(17-4-3-9-20-13-17)22(18(16)8-6-14)11-10-21-15(2)23/h5-8,12,14,17,20H,3-4,9-11,13H2,1-2H3,(H,21,23). The molecule has 23 heavy (non-hydrogen) atoms. The molecule has 4 heteroatoms. The molecule has 0 bridgehead atoms. The van der Waals surface area contributed by atoms with Crippen LogP contribution in [0.25, 0.3) is 12.2 Å². The minimum absolute atomic E-state index is 0.0354. The largest absolute Gasteiger partial charge is 0.355 e. The van der Waals surface area contributed by atoms with Gasteiger partial charge in [-0.1, -0.05) is 25.2 Å². The van der Waals surface area contributed by atoms with E-state index in [2.05, 4.69) is 52.5 Å². The lowest BCUT2D eigenvalue weighted by Gasteiger charge is -2.25. The van der Waals surface area contributed by atoms with E-state index in [0.29, 0.717) is 18.4 Å². The van der Waals surface area contributed by atoms with E-state index < -0.39 is 0 Å². The number of carbonyl (C=O) groups excluding carboxylic acids is 1. The van der Waals surface area contributed by atoms with E-state index in [4.69, 9.17) is 0 Å². The molecule has 0 radical (unpaired) electrons. The molecular formula is C19H27N3O. The maximum Gasteiger partial charge on any atom is 0.216 e. The van der Waals surface area contributed by atoms with Crippen LogP contribution in [0.15, 0.2) is 18.2 Å². The number of amides is 1. The fourth-order valence-corrected chi connectivity index (χ4v) is 3.52. The summed E-state index contributed by atoms with van der Waals surface area (Å²) in [4.78, 5) is 11.2. The van der Waals surface area contributed by atoms with Crippen molar-refractivity contribution in [1.29, 1.82) is 0 Å². The molecule has 3 rings (SSSR count). The summed E-state index contributed by atoms with van der Waals surface area (Å²) in [7, 11) is 0. The van der Waals surface area contributed by atoms with Crippen LogP contribution in [-0.4, -0.2) is 30.1 Å². The topological polar surface area (TPSA) is 46.1 Å². The zero-order chi connectivity index (χ0) is 16.2. The van der Waals surface area contributed by atoms with Crippen LogP contribution in [0.3, 0.4) is 0 Å². The van der Waals surface area contributed by atoms with Crippen molar-refractivity contribution in [2.75, 3.05) is 19.6 Å². The zero-order valence-electron chi connectivity index (χ0n) is 14.1. The first kappa shape index (κ1) is 16.1. The summed E-state index contributed by atoms with van der Waals surface area (Å²) >= 11 is 0. The second kappa shape index (κ2) is 7.18. The number of hydrogen-bond acceptors (Lipinski definition) is 2. The van der Waals surface area contributed by atoms with Crippen molar-refractivity contribution >= 4 is 18.1 Å². The number of hydrogen-bond donors (Lipinski definition) is 2. The normalized spacial score (nSPS) is 23.4. The summed E-state index contributed by atoms with van der Waals surface area (Å²) in [6, 6.07) is 2.35. The van der Waals surface area contributed by atoms with Gasteiger partial charge in [0.2, 0.25) is 5.91 Å². The van der Waals surface area contributed by atoms with Gasteiger partial charge in [-0.2, -0.15) is 0 Å². The fraction of sp³-hybridized carbons (Fsp3) is 0.526. The third kappa shape index (κ3) is 3.75. The van der Waals surface area contributed by atoms with Crippen LogP contribution in [0.5, 0.6) is 0 Å². The summed E-state index contributed by atoms with van der Waals surface area (Å²) in [5.74, 6) is 1.06. The molecule has 0 saturated carbocycles. The van der Waals surface area contributed by atoms with Gasteiger partial charge in [0.25, 0.3) is 0 Å². The summed E-state index contributed by atoms with van der Waals surface area (Å²) in [5, 5.41) is 6.44. The average Bonchev–Trinajstić information content (AvgIpc) is 2.78. The van der Waals surface area contributed by atoms with E-state index in [1.54, 1.807) is 6.92 Å². The number of aromatic nitrogens is 1. The minimum atomic E-state index is 0.0354. The Balaban J connectivity index is 1.91. The highest BCUT2D eigenvalue weighted by Crippen LogP contribution is 2.31. The van der Waals surface area contributed by atoms with Crippen molar-refractivity contribution in [1.82, 2.24) is 15.2 Å². The molecule has 1 aromatic heterocycles. The average molecular weight is 313 g/mol. The Kier molecular flexibility index (Phi) is 5.01. The number of carbonyl (C=O) groups is 1. The highest BCUT2D eigenvalue weighted by atomic mass is 16.1. The van der Waals surface area contributed by atoms with Gasteiger partial charge in [0.15, 0.2) is 0 Å². The van der Waals surface area contributed by atoms with Gasteiger partial charge in [-0.25, -0.2) is 0 Å². The molecule has 124 valence electrons. The van der Waals surface area contributed by atoms with Gasteiger partial charge in [0, 0.05) is 43.9 Å². The van der Waals surface area contributed by atoms with Crippen LogP contribution in [0.4, 0.5) is 0 Å². The van der Waals surface area contributed by atoms with Crippen LogP contribution in [-0.2, 0) is 11.3 Å². The second-order valence-electron chi connectivity index (χ2n) is 6.67. The van der Waals surface area contributed by atoms with E-state index >= 15 is 0 Å². The molecule has 2 heterocycles. The fourth-order valence-electron chi connectivity index (χ4n) is 3.52. The van der Waals surface area contributed by atoms with E-state index in [-0.39, 0.29) is 5.91 Å². The molecule has 2 unspecified atom stereocenters. The van der Waals surface area contributed by atoms with Crippen LogP contribution in [0.1, 0.15) is 49.6 Å². The van der Waals surface area contributed by atoms with Crippen LogP contribution in [0.2, 0.25) is 0 Å². The Morgan fingerprint density at radius 3 is 2.96 bits per heavy atom. The number of fused-ring (bicyclic) bond motifs is 1. The van der Waals surface area contributed by atoms with Crippen LogP contribution in [0, 0.1) is 5.92 Å². The molecule has 1 aliphatic heterocycles. The Labute approximate surface area is 138 Å². The Hall–Kier alpha value is -1.81. The predicted molar refractivity (Wildman–Crippen MR) is 95.2 cm³/mol. The van der Waals surface area contributed by atoms with Crippen molar-refractivity contribution in [2.45, 2.75) is 39.2 Å². The maximum atomic E-state index is 11.2. The van der Waals surface area contributed by atoms with Crippen LogP contribution < -0.4 is 10.6 Å². The molecule has 1 aromatic rings. The highest BCUT2D eigenvalue weighted by molar-refractivity contribution is 5.72. The van der Waals surface area contributed by atoms with E-state index in [1.807, 2.05) is 0 Å². The van der Waals surface area contributed by atoms with Gasteiger partial charge >= 0.3 is 0 Å². The number of piperidine rings is 1. The van der Waals surface area contributed by atoms with Gasteiger partial charge in [-0.3, -0.25) is 4.79 Å². The van der Waals surface area contributed by atoms with Gasteiger partial charge < -0.3 is 15.2 Å². The maximum absolute atomic E-state index is 11.2. The lowest BCUT2D eigenvalue weighted by Crippen LogP contribution is -2.31. The van der Waals surface area contributed by atoms with Crippen molar-refractivity contribution in [3.8, 4) is 0 Å². The molecule has 2 aliphatic rings. The summed E-state index contributed by atoms with van der Waals surface area (Å²) in [5.41, 5.74) is 3.97. The first-order chi connectivity index (χ1) is 11.1. The molecule has 1 saturated heterocycles. The number of nitrogens with zero attached hydrogens (tertiary/aromatic N) is 1. The van der Waals surface area contributed by atoms with Crippen molar-refractivity contribution < 1.29 is 4.79 Å². The first-order valence-electron chi connectivity index (χ1n) is 8.70. The third-order valence-electron chi connectivity index (χ3n) is 4.76. The number of allylic oxidation sites excluding steroid dienone is 2. The summed E-state index contributed by atoms with van der Waals surface area (Å²) in [6.45, 7) is 7.45. The number of rotatable bonds is 4. The minimum Gasteiger partial charge on any atom is -0.355 e. The van der Waals surface area contributed by atoms with Crippen LogP contribution >= 0.6 is 0 Å². The first-order valence-corrected chi connectivity index (χ1v) is 8.70. The molecule has 2 N–H and O–H groups in total. The van der Waals surface area contributed by atoms with Crippen molar-refractivity contribution in [3.63, 3.8) is 0 Å². The molecule has 1 aliphatic carbocycles. The van der Waals surface area contributed by atoms with E-state index in [9.17, 15) is 4.79 Å². The Bertz CT molecular complexity index is 621. The highest BCUT2D eigenvalue weighted by Gasteiger charge is 2.22. The zero-order valence-corrected chi connectivity index (χ0v) is 14.1. The monoisotopic (exact) mass is 313 g/mol. The van der Waals surface area contributed by atoms with Gasteiger partial charge in [0.1, 0.15) is 0 Å². The summed E-state index contributed by atoms with van der Waals surface area (Å²) < 4.78 is 2.40. The summed E-state index contributed by atoms with van der Waals surface area (Å²) in [6.07, 6.45) is 11.5. The van der Waals surface area contributed by atoms with Gasteiger partial charge in [-0.15, -0.1) is 0 Å². The Morgan fingerprint density at radius 2 is 2.22 bits per heavy atom. The molecule has 2 atom stereocenters. The second-order valence-corrected chi connectivity index (χ2v) is 6.67. The van der Waals surface area contributed by atoms with E-state index in [0.717, 1.165) is 19.6 Å². The molecule has 1 amide bonds. The van der Waals surface area contributed by atoms with Crippen molar-refractivity contribution in [3.05, 3.63) is 35.2 Å². The third-order valence-corrected chi connectivity index (χ3v) is 4.76. The van der Waals surface area contributed by atoms with Gasteiger partial charge in [0.05, 0.1) is 0 Å². The smallest absolute Gasteiger partial charge is 0.216 e. The van der Waals surface area contributed by atoms with Gasteiger partial charge in [-0.05, 0) is 43.0 Å². The lowest BCUT2D eigenvalue weighted by atomic mass is 9.95. The SMILES string of the molecule is CC(=O)NCCn1c(C2CCCNC2)cc2c1C=CC(C)C=C2. The van der Waals surface area contributed by atoms with E-state index in [1.165, 1.54) is 29.8 Å². The van der Waals surface area contributed by atoms with Crippen molar-refractivity contribution in [2.24, 2.45) is 5.92 Å². The molecule has 1 fully saturated rings. The molecule has 0 aromatic carbocycles. The number of nitrogens with one attached hydrogen (secondary N) is 2. The molecular weight excluding hydrogens is 286 g/mol. The molecule has 4 nitrogen and oxygen atoms in total. The Morgan fingerprint density at radius 1 is 1.39 bits per heavy atom. The quantitative estimate of drug-likeness (QED) is 0.898.